The van der Waals surface area contributed by atoms with Crippen LogP contribution in [0, 0.1) is 0 Å². The molecule has 0 saturated carbocycles. The summed E-state index contributed by atoms with van der Waals surface area (Å²) in [5.74, 6) is 0. The van der Waals surface area contributed by atoms with E-state index in [9.17, 15) is 4.79 Å². The van der Waals surface area contributed by atoms with Gasteiger partial charge in [0.1, 0.15) is 0 Å². The highest BCUT2D eigenvalue weighted by Gasteiger charge is 2.01. The maximum atomic E-state index is 11.3. The molecule has 0 spiro atoms. The third-order valence-electron chi connectivity index (χ3n) is 1.82. The van der Waals surface area contributed by atoms with Crippen LogP contribution >= 0.6 is 0 Å². The first-order valence-electron chi connectivity index (χ1n) is 4.96. The average Bonchev–Trinajstić information content (AvgIpc) is 2.14. The van der Waals surface area contributed by atoms with Gasteiger partial charge in [-0.3, -0.25) is 0 Å². The number of urea groups is 1. The summed E-state index contributed by atoms with van der Waals surface area (Å²) in [5, 5.41) is 5.50. The van der Waals surface area contributed by atoms with Gasteiger partial charge >= 0.3 is 6.03 Å². The second-order valence-corrected chi connectivity index (χ2v) is 3.73. The molecule has 15 heavy (non-hydrogen) atoms. The topological polar surface area (TPSA) is 67.2 Å². The van der Waals surface area contributed by atoms with Gasteiger partial charge in [0.25, 0.3) is 0 Å². The molecule has 0 aliphatic heterocycles. The van der Waals surface area contributed by atoms with Crippen molar-refractivity contribution in [2.24, 2.45) is 0 Å². The Kier molecular flexibility index (Phi) is 3.97. The summed E-state index contributed by atoms with van der Waals surface area (Å²) in [4.78, 5) is 11.3. The Hall–Kier alpha value is -1.71. The highest BCUT2D eigenvalue weighted by Crippen LogP contribution is 2.05. The highest BCUT2D eigenvalue weighted by atomic mass is 16.2. The highest BCUT2D eigenvalue weighted by molar-refractivity contribution is 5.74. The van der Waals surface area contributed by atoms with Crippen molar-refractivity contribution >= 4 is 11.7 Å². The van der Waals surface area contributed by atoms with E-state index in [4.69, 9.17) is 5.73 Å². The molecule has 1 rings (SSSR count). The van der Waals surface area contributed by atoms with Crippen molar-refractivity contribution in [3.8, 4) is 0 Å². The van der Waals surface area contributed by atoms with Gasteiger partial charge in [0.15, 0.2) is 0 Å². The molecule has 0 saturated heterocycles. The van der Waals surface area contributed by atoms with Gasteiger partial charge in [-0.2, -0.15) is 0 Å². The standard InChI is InChI=1S/C11H17N3O/c1-8(2)14-11(15)13-7-9-4-3-5-10(12)6-9/h3-6,8H,7,12H2,1-2H3,(H2,13,14,15). The molecule has 0 aliphatic carbocycles. The Labute approximate surface area is 89.9 Å². The lowest BCUT2D eigenvalue weighted by Crippen LogP contribution is -2.39. The Morgan fingerprint density at radius 1 is 1.47 bits per heavy atom. The molecule has 0 fully saturated rings. The average molecular weight is 207 g/mol. The van der Waals surface area contributed by atoms with Crippen molar-refractivity contribution in [2.75, 3.05) is 5.73 Å². The number of nitrogens with two attached hydrogens (primary N) is 1. The molecule has 4 nitrogen and oxygen atoms in total. The van der Waals surface area contributed by atoms with Crippen LogP contribution in [0.5, 0.6) is 0 Å². The van der Waals surface area contributed by atoms with Gasteiger partial charge in [0.05, 0.1) is 0 Å². The molecular weight excluding hydrogens is 190 g/mol. The van der Waals surface area contributed by atoms with E-state index in [1.54, 1.807) is 0 Å². The molecule has 0 radical (unpaired) electrons. The second kappa shape index (κ2) is 5.24. The van der Waals surface area contributed by atoms with Crippen LogP contribution in [0.25, 0.3) is 0 Å². The lowest BCUT2D eigenvalue weighted by molar-refractivity contribution is 0.238. The molecule has 0 bridgehead atoms. The minimum atomic E-state index is -0.160. The van der Waals surface area contributed by atoms with E-state index in [1.165, 1.54) is 0 Å². The second-order valence-electron chi connectivity index (χ2n) is 3.73. The molecule has 2 amide bonds. The van der Waals surface area contributed by atoms with Gasteiger partial charge in [-0.25, -0.2) is 4.79 Å². The van der Waals surface area contributed by atoms with Gasteiger partial charge in [0, 0.05) is 18.3 Å². The van der Waals surface area contributed by atoms with Gasteiger partial charge < -0.3 is 16.4 Å². The summed E-state index contributed by atoms with van der Waals surface area (Å²) in [6.45, 7) is 4.32. The lowest BCUT2D eigenvalue weighted by atomic mass is 10.2. The number of benzene rings is 1. The molecule has 0 aliphatic rings. The Bertz CT molecular complexity index is 336. The van der Waals surface area contributed by atoms with Crippen LogP contribution in [0.3, 0.4) is 0 Å². The zero-order valence-electron chi connectivity index (χ0n) is 9.08. The van der Waals surface area contributed by atoms with Gasteiger partial charge in [-0.1, -0.05) is 12.1 Å². The number of carbonyl (C=O) groups is 1. The van der Waals surface area contributed by atoms with Crippen LogP contribution in [-0.4, -0.2) is 12.1 Å². The number of hydrogen-bond acceptors (Lipinski definition) is 2. The molecule has 82 valence electrons. The van der Waals surface area contributed by atoms with Crippen LogP contribution in [0.4, 0.5) is 10.5 Å². The Balaban J connectivity index is 2.40. The number of nitrogen functional groups attached to an aromatic ring is 1. The first-order valence-corrected chi connectivity index (χ1v) is 4.96. The number of rotatable bonds is 3. The molecule has 1 aromatic rings. The van der Waals surface area contributed by atoms with E-state index in [1.807, 2.05) is 38.1 Å². The zero-order chi connectivity index (χ0) is 11.3. The minimum absolute atomic E-state index is 0.144. The first kappa shape index (κ1) is 11.4. The van der Waals surface area contributed by atoms with E-state index in [2.05, 4.69) is 10.6 Å². The predicted molar refractivity (Wildman–Crippen MR) is 61.4 cm³/mol. The molecule has 0 unspecified atom stereocenters. The Morgan fingerprint density at radius 3 is 2.80 bits per heavy atom. The molecular formula is C11H17N3O. The fourth-order valence-corrected chi connectivity index (χ4v) is 1.20. The molecule has 1 aromatic carbocycles. The van der Waals surface area contributed by atoms with Crippen molar-refractivity contribution in [3.05, 3.63) is 29.8 Å². The smallest absolute Gasteiger partial charge is 0.315 e. The van der Waals surface area contributed by atoms with Gasteiger partial charge in [-0.05, 0) is 31.5 Å². The lowest BCUT2D eigenvalue weighted by Gasteiger charge is -2.10. The van der Waals surface area contributed by atoms with Crippen LogP contribution in [0.15, 0.2) is 24.3 Å². The molecule has 4 N–H and O–H groups in total. The number of anilines is 1. The zero-order valence-corrected chi connectivity index (χ0v) is 9.08. The number of hydrogen-bond donors (Lipinski definition) is 3. The molecule has 4 heteroatoms. The van der Waals surface area contributed by atoms with E-state index >= 15 is 0 Å². The summed E-state index contributed by atoms with van der Waals surface area (Å²) < 4.78 is 0. The third-order valence-corrected chi connectivity index (χ3v) is 1.82. The van der Waals surface area contributed by atoms with Gasteiger partial charge in [0.2, 0.25) is 0 Å². The van der Waals surface area contributed by atoms with Crippen LogP contribution in [-0.2, 0) is 6.54 Å². The van der Waals surface area contributed by atoms with Crippen molar-refractivity contribution in [1.29, 1.82) is 0 Å². The SMILES string of the molecule is CC(C)NC(=O)NCc1cccc(N)c1. The predicted octanol–water partition coefficient (Wildman–Crippen LogP) is 1.48. The maximum Gasteiger partial charge on any atom is 0.315 e. The molecule has 0 heterocycles. The van der Waals surface area contributed by atoms with Crippen molar-refractivity contribution in [2.45, 2.75) is 26.4 Å². The molecule has 0 atom stereocenters. The first-order chi connectivity index (χ1) is 7.08. The fourth-order valence-electron chi connectivity index (χ4n) is 1.20. The maximum absolute atomic E-state index is 11.3. The van der Waals surface area contributed by atoms with Crippen LogP contribution in [0.1, 0.15) is 19.4 Å². The number of nitrogens with one attached hydrogen (secondary N) is 2. The van der Waals surface area contributed by atoms with E-state index in [0.29, 0.717) is 12.2 Å². The largest absolute Gasteiger partial charge is 0.399 e. The van der Waals surface area contributed by atoms with E-state index < -0.39 is 0 Å². The van der Waals surface area contributed by atoms with Crippen molar-refractivity contribution in [1.82, 2.24) is 10.6 Å². The number of carbonyl (C=O) groups excluding carboxylic acids is 1. The molecule has 0 aromatic heterocycles. The summed E-state index contributed by atoms with van der Waals surface area (Å²) >= 11 is 0. The summed E-state index contributed by atoms with van der Waals surface area (Å²) in [5.41, 5.74) is 7.32. The monoisotopic (exact) mass is 207 g/mol. The van der Waals surface area contributed by atoms with Crippen LogP contribution < -0.4 is 16.4 Å². The van der Waals surface area contributed by atoms with Gasteiger partial charge in [-0.15, -0.1) is 0 Å². The summed E-state index contributed by atoms with van der Waals surface area (Å²) in [6.07, 6.45) is 0. The third kappa shape index (κ3) is 4.35. The normalized spacial score (nSPS) is 10.1. The Morgan fingerprint density at radius 2 is 2.20 bits per heavy atom. The summed E-state index contributed by atoms with van der Waals surface area (Å²) in [6, 6.07) is 7.43. The van der Waals surface area contributed by atoms with Crippen molar-refractivity contribution in [3.63, 3.8) is 0 Å². The minimum Gasteiger partial charge on any atom is -0.399 e. The van der Waals surface area contributed by atoms with Crippen LogP contribution in [0.2, 0.25) is 0 Å². The van der Waals surface area contributed by atoms with Crippen molar-refractivity contribution < 1.29 is 4.79 Å². The number of amides is 2. The van der Waals surface area contributed by atoms with E-state index in [0.717, 1.165) is 5.56 Å². The fraction of sp³-hybridized carbons (Fsp3) is 0.364. The summed E-state index contributed by atoms with van der Waals surface area (Å²) in [7, 11) is 0. The van der Waals surface area contributed by atoms with E-state index in [-0.39, 0.29) is 12.1 Å². The quantitative estimate of drug-likeness (QED) is 0.657.